The molecule has 2 aromatic carbocycles. The van der Waals surface area contributed by atoms with Crippen molar-refractivity contribution in [3.8, 4) is 0 Å². The van der Waals surface area contributed by atoms with Crippen LogP contribution >= 0.6 is 23.1 Å². The topological polar surface area (TPSA) is 91.7 Å². The van der Waals surface area contributed by atoms with Crippen LogP contribution in [0.4, 0.5) is 15.8 Å². The number of rotatable bonds is 8. The molecule has 0 radical (unpaired) electrons. The number of carbonyl (C=O) groups is 3. The van der Waals surface area contributed by atoms with Crippen molar-refractivity contribution in [1.82, 2.24) is 4.90 Å². The van der Waals surface area contributed by atoms with Crippen molar-refractivity contribution >= 4 is 52.2 Å². The zero-order valence-corrected chi connectivity index (χ0v) is 20.2. The number of hydrogen-bond acceptors (Lipinski definition) is 7. The molecule has 5 rings (SSSR count). The van der Waals surface area contributed by atoms with Gasteiger partial charge >= 0.3 is 0 Å². The first-order chi connectivity index (χ1) is 17.5. The molecule has 0 fully saturated rings. The number of nitrogens with one attached hydrogen (secondary N) is 2. The highest BCUT2D eigenvalue weighted by molar-refractivity contribution is 8.04. The highest BCUT2D eigenvalue weighted by atomic mass is 32.2. The molecule has 0 bridgehead atoms. The van der Waals surface area contributed by atoms with Crippen molar-refractivity contribution in [3.63, 3.8) is 0 Å². The lowest BCUT2D eigenvalue weighted by Gasteiger charge is -2.13. The lowest BCUT2D eigenvalue weighted by atomic mass is 10.3. The zero-order chi connectivity index (χ0) is 25.1. The summed E-state index contributed by atoms with van der Waals surface area (Å²) in [5, 5.41) is 7.63. The fourth-order valence-corrected chi connectivity index (χ4v) is 5.03. The summed E-state index contributed by atoms with van der Waals surface area (Å²) in [4.78, 5) is 41.4. The van der Waals surface area contributed by atoms with Crippen molar-refractivity contribution in [2.24, 2.45) is 0 Å². The third kappa shape index (κ3) is 5.09. The van der Waals surface area contributed by atoms with Gasteiger partial charge in [0.15, 0.2) is 0 Å². The summed E-state index contributed by atoms with van der Waals surface area (Å²) in [6.45, 7) is -0.0169. The van der Waals surface area contributed by atoms with E-state index >= 15 is 0 Å². The van der Waals surface area contributed by atoms with E-state index in [1.807, 2.05) is 5.38 Å². The first-order valence-electron chi connectivity index (χ1n) is 10.8. The second kappa shape index (κ2) is 10.2. The largest absolute Gasteiger partial charge is 0.467 e. The smallest absolute Gasteiger partial charge is 0.278 e. The Morgan fingerprint density at radius 1 is 0.944 bits per heavy atom. The SMILES string of the molecule is O=C(Nc1ccc(SC2=C(Nc3ccc(F)cc3)C(=O)N(Cc3ccco3)C2=O)cc1)c1cccs1. The molecule has 1 aliphatic heterocycles. The molecule has 3 heterocycles. The number of carbonyl (C=O) groups excluding carboxylic acids is 3. The van der Waals surface area contributed by atoms with E-state index in [2.05, 4.69) is 10.6 Å². The van der Waals surface area contributed by atoms with Crippen LogP contribution in [0.1, 0.15) is 15.4 Å². The van der Waals surface area contributed by atoms with Gasteiger partial charge in [-0.05, 0) is 72.1 Å². The fourth-order valence-electron chi connectivity index (χ4n) is 3.46. The predicted octanol–water partition coefficient (Wildman–Crippen LogP) is 5.72. The Bertz CT molecular complexity index is 1430. The molecular formula is C26H18FN3O4S2. The van der Waals surface area contributed by atoms with E-state index in [0.29, 0.717) is 26.9 Å². The number of thiophene rings is 1. The average molecular weight is 520 g/mol. The van der Waals surface area contributed by atoms with Crippen LogP contribution in [0.5, 0.6) is 0 Å². The number of thioether (sulfide) groups is 1. The van der Waals surface area contributed by atoms with Crippen molar-refractivity contribution in [2.45, 2.75) is 11.4 Å². The molecule has 1 aliphatic rings. The molecule has 10 heteroatoms. The molecular weight excluding hydrogens is 501 g/mol. The Balaban J connectivity index is 1.38. The lowest BCUT2D eigenvalue weighted by Crippen LogP contribution is -2.31. The maximum Gasteiger partial charge on any atom is 0.278 e. The maximum atomic E-state index is 13.4. The zero-order valence-electron chi connectivity index (χ0n) is 18.6. The van der Waals surface area contributed by atoms with Crippen LogP contribution in [0.25, 0.3) is 0 Å². The third-order valence-corrected chi connectivity index (χ3v) is 7.17. The Morgan fingerprint density at radius 2 is 1.69 bits per heavy atom. The van der Waals surface area contributed by atoms with Crippen molar-refractivity contribution in [1.29, 1.82) is 0 Å². The van der Waals surface area contributed by atoms with Crippen molar-refractivity contribution < 1.29 is 23.2 Å². The van der Waals surface area contributed by atoms with Crippen LogP contribution in [0.2, 0.25) is 0 Å². The van der Waals surface area contributed by atoms with E-state index < -0.39 is 17.6 Å². The Hall–Kier alpha value is -4.15. The minimum absolute atomic E-state index is 0.0169. The van der Waals surface area contributed by atoms with Gasteiger partial charge in [0.25, 0.3) is 17.7 Å². The molecule has 0 aliphatic carbocycles. The van der Waals surface area contributed by atoms with Crippen LogP contribution in [-0.2, 0) is 16.1 Å². The molecule has 0 saturated carbocycles. The number of nitrogens with zero attached hydrogens (tertiary/aromatic N) is 1. The van der Waals surface area contributed by atoms with Crippen LogP contribution in [0.15, 0.2) is 104 Å². The quantitative estimate of drug-likeness (QED) is 0.290. The molecule has 7 nitrogen and oxygen atoms in total. The Labute approximate surface area is 213 Å². The summed E-state index contributed by atoms with van der Waals surface area (Å²) in [6.07, 6.45) is 1.47. The highest BCUT2D eigenvalue weighted by Crippen LogP contribution is 2.37. The second-order valence-electron chi connectivity index (χ2n) is 7.67. The van der Waals surface area contributed by atoms with E-state index in [-0.39, 0.29) is 23.1 Å². The molecule has 2 N–H and O–H groups in total. The minimum atomic E-state index is -0.511. The average Bonchev–Trinajstić information content (AvgIpc) is 3.64. The fraction of sp³-hybridized carbons (Fsp3) is 0.0385. The summed E-state index contributed by atoms with van der Waals surface area (Å²) in [6, 6.07) is 19.4. The summed E-state index contributed by atoms with van der Waals surface area (Å²) in [5.41, 5.74) is 1.17. The second-order valence-corrected chi connectivity index (χ2v) is 9.70. The molecule has 180 valence electrons. The van der Waals surface area contributed by atoms with Crippen molar-refractivity contribution in [3.05, 3.63) is 111 Å². The maximum absolute atomic E-state index is 13.4. The predicted molar refractivity (Wildman–Crippen MR) is 136 cm³/mol. The minimum Gasteiger partial charge on any atom is -0.467 e. The first kappa shape index (κ1) is 23.6. The molecule has 0 spiro atoms. The molecule has 0 saturated heterocycles. The monoisotopic (exact) mass is 519 g/mol. The number of amides is 3. The van der Waals surface area contributed by atoms with Gasteiger partial charge < -0.3 is 15.1 Å². The van der Waals surface area contributed by atoms with E-state index in [9.17, 15) is 18.8 Å². The van der Waals surface area contributed by atoms with Crippen LogP contribution in [-0.4, -0.2) is 22.6 Å². The number of hydrogen-bond donors (Lipinski definition) is 2. The van der Waals surface area contributed by atoms with E-state index in [0.717, 1.165) is 16.7 Å². The number of halogens is 1. The van der Waals surface area contributed by atoms with E-state index in [4.69, 9.17) is 4.42 Å². The van der Waals surface area contributed by atoms with Gasteiger partial charge in [-0.15, -0.1) is 11.3 Å². The van der Waals surface area contributed by atoms with Crippen LogP contribution < -0.4 is 10.6 Å². The molecule has 2 aromatic heterocycles. The van der Waals surface area contributed by atoms with Gasteiger partial charge in [0, 0.05) is 16.3 Å². The summed E-state index contributed by atoms with van der Waals surface area (Å²) >= 11 is 2.47. The number of furan rings is 1. The van der Waals surface area contributed by atoms with E-state index in [1.165, 1.54) is 41.9 Å². The summed E-state index contributed by atoms with van der Waals surface area (Å²) in [5.74, 6) is -1.13. The van der Waals surface area contributed by atoms with E-state index in [1.54, 1.807) is 48.5 Å². The first-order valence-corrected chi connectivity index (χ1v) is 12.5. The van der Waals surface area contributed by atoms with Gasteiger partial charge in [-0.3, -0.25) is 19.3 Å². The molecule has 4 aromatic rings. The van der Waals surface area contributed by atoms with Crippen LogP contribution in [0, 0.1) is 5.82 Å². The highest BCUT2D eigenvalue weighted by Gasteiger charge is 2.39. The van der Waals surface area contributed by atoms with Gasteiger partial charge in [-0.1, -0.05) is 17.8 Å². The Kier molecular flexibility index (Phi) is 6.70. The van der Waals surface area contributed by atoms with Crippen molar-refractivity contribution in [2.75, 3.05) is 10.6 Å². The number of benzene rings is 2. The Morgan fingerprint density at radius 3 is 2.36 bits per heavy atom. The number of imide groups is 1. The number of anilines is 2. The lowest BCUT2D eigenvalue weighted by molar-refractivity contribution is -0.138. The molecule has 0 atom stereocenters. The van der Waals surface area contributed by atoms with Gasteiger partial charge in [-0.25, -0.2) is 4.39 Å². The van der Waals surface area contributed by atoms with Gasteiger partial charge in [-0.2, -0.15) is 0 Å². The normalized spacial score (nSPS) is 13.4. The molecule has 0 unspecified atom stereocenters. The standard InChI is InChI=1S/C26H18FN3O4S2/c27-16-5-7-17(8-6-16)28-22-23(26(33)30(25(22)32)15-19-3-1-13-34-19)36-20-11-9-18(10-12-20)29-24(31)21-4-2-14-35-21/h1-14,28H,15H2,(H,29,31). The summed E-state index contributed by atoms with van der Waals surface area (Å²) < 4.78 is 18.7. The van der Waals surface area contributed by atoms with Crippen LogP contribution in [0.3, 0.4) is 0 Å². The third-order valence-electron chi connectivity index (χ3n) is 5.21. The summed E-state index contributed by atoms with van der Waals surface area (Å²) in [7, 11) is 0. The molecule has 3 amide bonds. The van der Waals surface area contributed by atoms with Gasteiger partial charge in [0.2, 0.25) is 0 Å². The molecule has 36 heavy (non-hydrogen) atoms. The van der Waals surface area contributed by atoms with Gasteiger partial charge in [0.1, 0.15) is 22.2 Å². The van der Waals surface area contributed by atoms with Gasteiger partial charge in [0.05, 0.1) is 17.7 Å².